The minimum atomic E-state index is 0.0468. The quantitative estimate of drug-likeness (QED) is 0.719. The van der Waals surface area contributed by atoms with Crippen LogP contribution in [-0.2, 0) is 11.2 Å². The number of nitrogens with two attached hydrogens (primary N) is 1. The van der Waals surface area contributed by atoms with Crippen LogP contribution in [0.1, 0.15) is 24.0 Å². The fourth-order valence-electron chi connectivity index (χ4n) is 1.80. The van der Waals surface area contributed by atoms with Crippen LogP contribution >= 0.6 is 0 Å². The lowest BCUT2D eigenvalue weighted by Crippen LogP contribution is -2.18. The van der Waals surface area contributed by atoms with E-state index in [9.17, 15) is 4.79 Å². The Bertz CT molecular complexity index is 391. The molecule has 0 aliphatic carbocycles. The zero-order valence-corrected chi connectivity index (χ0v) is 11.2. The first kappa shape index (κ1) is 14.5. The van der Waals surface area contributed by atoms with Crippen molar-refractivity contribution in [3.8, 4) is 5.75 Å². The smallest absolute Gasteiger partial charge is 0.219 e. The Kier molecular flexibility index (Phi) is 6.22. The van der Waals surface area contributed by atoms with Crippen molar-refractivity contribution in [1.29, 1.82) is 0 Å². The van der Waals surface area contributed by atoms with Gasteiger partial charge < -0.3 is 15.8 Å². The largest absolute Gasteiger partial charge is 0.493 e. The van der Waals surface area contributed by atoms with Gasteiger partial charge in [0.15, 0.2) is 0 Å². The molecule has 1 aromatic carbocycles. The second kappa shape index (κ2) is 7.71. The number of benzene rings is 1. The second-order valence-electron chi connectivity index (χ2n) is 4.23. The number of carbonyl (C=O) groups excluding carboxylic acids is 1. The van der Waals surface area contributed by atoms with Crippen LogP contribution in [0.15, 0.2) is 18.2 Å². The summed E-state index contributed by atoms with van der Waals surface area (Å²) in [6, 6.07) is 6.07. The Balaban J connectivity index is 2.52. The summed E-state index contributed by atoms with van der Waals surface area (Å²) >= 11 is 0. The molecule has 0 fully saturated rings. The van der Waals surface area contributed by atoms with Crippen LogP contribution in [0.4, 0.5) is 0 Å². The highest BCUT2D eigenvalue weighted by molar-refractivity contribution is 5.75. The molecule has 0 saturated carbocycles. The predicted octanol–water partition coefficient (Wildman–Crippen LogP) is 1.40. The highest BCUT2D eigenvalue weighted by atomic mass is 16.5. The molecular weight excluding hydrogens is 228 g/mol. The van der Waals surface area contributed by atoms with E-state index in [0.29, 0.717) is 19.6 Å². The van der Waals surface area contributed by atoms with Crippen LogP contribution in [0.5, 0.6) is 5.75 Å². The minimum Gasteiger partial charge on any atom is -0.493 e. The lowest BCUT2D eigenvalue weighted by atomic mass is 10.1. The summed E-state index contributed by atoms with van der Waals surface area (Å²) < 4.78 is 5.78. The third-order valence-corrected chi connectivity index (χ3v) is 2.78. The lowest BCUT2D eigenvalue weighted by molar-refractivity contribution is -0.120. The van der Waals surface area contributed by atoms with E-state index in [-0.39, 0.29) is 5.91 Å². The van der Waals surface area contributed by atoms with Crippen molar-refractivity contribution in [3.05, 3.63) is 29.3 Å². The van der Waals surface area contributed by atoms with Crippen molar-refractivity contribution in [2.45, 2.75) is 26.2 Å². The SMILES string of the molecule is CNC(=O)CCCOc1c(C)cccc1CCN. The Morgan fingerprint density at radius 1 is 1.44 bits per heavy atom. The molecule has 0 heterocycles. The van der Waals surface area contributed by atoms with Crippen LogP contribution in [0.25, 0.3) is 0 Å². The van der Waals surface area contributed by atoms with Crippen LogP contribution in [0.2, 0.25) is 0 Å². The van der Waals surface area contributed by atoms with Gasteiger partial charge in [0.2, 0.25) is 5.91 Å². The monoisotopic (exact) mass is 250 g/mol. The Labute approximate surface area is 109 Å². The molecular formula is C14H22N2O2. The van der Waals surface area contributed by atoms with Gasteiger partial charge in [-0.25, -0.2) is 0 Å². The molecule has 1 rings (SSSR count). The van der Waals surface area contributed by atoms with E-state index in [1.807, 2.05) is 25.1 Å². The van der Waals surface area contributed by atoms with E-state index in [1.165, 1.54) is 0 Å². The minimum absolute atomic E-state index is 0.0468. The van der Waals surface area contributed by atoms with Crippen molar-refractivity contribution < 1.29 is 9.53 Å². The van der Waals surface area contributed by atoms with Crippen molar-refractivity contribution in [3.63, 3.8) is 0 Å². The summed E-state index contributed by atoms with van der Waals surface area (Å²) in [6.07, 6.45) is 2.02. The summed E-state index contributed by atoms with van der Waals surface area (Å²) in [4.78, 5) is 11.1. The molecule has 0 saturated heterocycles. The number of hydrogen-bond acceptors (Lipinski definition) is 3. The fourth-order valence-corrected chi connectivity index (χ4v) is 1.80. The van der Waals surface area contributed by atoms with Crippen molar-refractivity contribution in [2.24, 2.45) is 5.73 Å². The van der Waals surface area contributed by atoms with E-state index in [0.717, 1.165) is 29.7 Å². The average Bonchev–Trinajstić information content (AvgIpc) is 2.37. The van der Waals surface area contributed by atoms with Crippen molar-refractivity contribution in [2.75, 3.05) is 20.2 Å². The van der Waals surface area contributed by atoms with Gasteiger partial charge >= 0.3 is 0 Å². The van der Waals surface area contributed by atoms with Crippen LogP contribution in [0, 0.1) is 6.92 Å². The molecule has 1 amide bonds. The Hall–Kier alpha value is -1.55. The molecule has 4 heteroatoms. The highest BCUT2D eigenvalue weighted by Gasteiger charge is 2.06. The molecule has 18 heavy (non-hydrogen) atoms. The van der Waals surface area contributed by atoms with Gasteiger partial charge in [0.1, 0.15) is 5.75 Å². The van der Waals surface area contributed by atoms with Crippen LogP contribution < -0.4 is 15.8 Å². The maximum absolute atomic E-state index is 11.1. The highest BCUT2D eigenvalue weighted by Crippen LogP contribution is 2.23. The van der Waals surface area contributed by atoms with Crippen LogP contribution in [0.3, 0.4) is 0 Å². The molecule has 3 N–H and O–H groups in total. The summed E-state index contributed by atoms with van der Waals surface area (Å²) in [5, 5.41) is 2.60. The van der Waals surface area contributed by atoms with Crippen molar-refractivity contribution in [1.82, 2.24) is 5.32 Å². The van der Waals surface area contributed by atoms with E-state index >= 15 is 0 Å². The third kappa shape index (κ3) is 4.37. The molecule has 0 bridgehead atoms. The third-order valence-electron chi connectivity index (χ3n) is 2.78. The molecule has 0 radical (unpaired) electrons. The van der Waals surface area contributed by atoms with E-state index in [1.54, 1.807) is 7.05 Å². The first-order chi connectivity index (χ1) is 8.69. The molecule has 0 atom stereocenters. The van der Waals surface area contributed by atoms with Gasteiger partial charge in [-0.15, -0.1) is 0 Å². The Morgan fingerprint density at radius 3 is 2.89 bits per heavy atom. The summed E-state index contributed by atoms with van der Waals surface area (Å²) in [6.45, 7) is 3.18. The zero-order valence-electron chi connectivity index (χ0n) is 11.2. The van der Waals surface area contributed by atoms with Gasteiger partial charge in [0, 0.05) is 13.5 Å². The van der Waals surface area contributed by atoms with Gasteiger partial charge in [-0.2, -0.15) is 0 Å². The maximum atomic E-state index is 11.1. The lowest BCUT2D eigenvalue weighted by Gasteiger charge is -2.13. The number of rotatable bonds is 7. The van der Waals surface area contributed by atoms with E-state index in [4.69, 9.17) is 10.5 Å². The van der Waals surface area contributed by atoms with Gasteiger partial charge in [-0.05, 0) is 37.4 Å². The van der Waals surface area contributed by atoms with E-state index < -0.39 is 0 Å². The normalized spacial score (nSPS) is 10.2. The number of hydrogen-bond donors (Lipinski definition) is 2. The molecule has 100 valence electrons. The molecule has 1 aromatic rings. The number of carbonyl (C=O) groups is 1. The predicted molar refractivity (Wildman–Crippen MR) is 72.7 cm³/mol. The fraction of sp³-hybridized carbons (Fsp3) is 0.500. The number of para-hydroxylation sites is 1. The molecule has 0 aliphatic heterocycles. The van der Waals surface area contributed by atoms with Gasteiger partial charge in [-0.3, -0.25) is 4.79 Å². The number of amides is 1. The van der Waals surface area contributed by atoms with Gasteiger partial charge in [0.05, 0.1) is 6.61 Å². The van der Waals surface area contributed by atoms with Gasteiger partial charge in [0.25, 0.3) is 0 Å². The molecule has 4 nitrogen and oxygen atoms in total. The number of nitrogens with one attached hydrogen (secondary N) is 1. The molecule has 0 spiro atoms. The standard InChI is InChI=1S/C14H22N2O2/c1-11-5-3-6-12(8-9-15)14(11)18-10-4-7-13(17)16-2/h3,5-6H,4,7-10,15H2,1-2H3,(H,16,17). The van der Waals surface area contributed by atoms with E-state index in [2.05, 4.69) is 5.32 Å². The molecule has 0 unspecified atom stereocenters. The van der Waals surface area contributed by atoms with Gasteiger partial charge in [-0.1, -0.05) is 18.2 Å². The zero-order chi connectivity index (χ0) is 13.4. The summed E-state index contributed by atoms with van der Waals surface area (Å²) in [5.41, 5.74) is 7.83. The number of aryl methyl sites for hydroxylation is 1. The molecule has 0 aromatic heterocycles. The maximum Gasteiger partial charge on any atom is 0.219 e. The van der Waals surface area contributed by atoms with Crippen molar-refractivity contribution >= 4 is 5.91 Å². The van der Waals surface area contributed by atoms with Crippen LogP contribution in [-0.4, -0.2) is 26.1 Å². The summed E-state index contributed by atoms with van der Waals surface area (Å²) in [7, 11) is 1.64. The molecule has 0 aliphatic rings. The second-order valence-corrected chi connectivity index (χ2v) is 4.23. The number of ether oxygens (including phenoxy) is 1. The Morgan fingerprint density at radius 2 is 2.22 bits per heavy atom. The first-order valence-corrected chi connectivity index (χ1v) is 6.31. The average molecular weight is 250 g/mol. The summed E-state index contributed by atoms with van der Waals surface area (Å²) in [5.74, 6) is 0.963. The first-order valence-electron chi connectivity index (χ1n) is 6.31. The topological polar surface area (TPSA) is 64.3 Å².